The van der Waals surface area contributed by atoms with Gasteiger partial charge in [0, 0.05) is 18.7 Å². The van der Waals surface area contributed by atoms with Crippen LogP contribution in [-0.2, 0) is 9.53 Å². The summed E-state index contributed by atoms with van der Waals surface area (Å²) in [4.78, 5) is 26.2. The second-order valence-corrected chi connectivity index (χ2v) is 4.44. The van der Waals surface area contributed by atoms with Crippen molar-refractivity contribution in [2.24, 2.45) is 0 Å². The summed E-state index contributed by atoms with van der Waals surface area (Å²) in [6.07, 6.45) is 0.604. The van der Waals surface area contributed by atoms with E-state index in [2.05, 4.69) is 20.4 Å². The van der Waals surface area contributed by atoms with Crippen LogP contribution >= 0.6 is 11.3 Å². The van der Waals surface area contributed by atoms with Gasteiger partial charge in [0.1, 0.15) is 5.01 Å². The van der Waals surface area contributed by atoms with Gasteiger partial charge < -0.3 is 20.5 Å². The average molecular weight is 273 g/mol. The molecule has 2 unspecified atom stereocenters. The first kappa shape index (κ1) is 14.4. The third-order valence-corrected chi connectivity index (χ3v) is 3.14. The zero-order valence-corrected chi connectivity index (χ0v) is 10.9. The van der Waals surface area contributed by atoms with Crippen molar-refractivity contribution in [1.82, 2.24) is 15.6 Å². The van der Waals surface area contributed by atoms with Crippen LogP contribution in [0.4, 0.5) is 4.79 Å². The molecule has 0 spiro atoms. The number of hydrogen-bond donors (Lipinski definition) is 3. The number of urea groups is 1. The highest BCUT2D eigenvalue weighted by Crippen LogP contribution is 2.14. The molecule has 2 amide bonds. The Labute approximate surface area is 108 Å². The monoisotopic (exact) mass is 273 g/mol. The van der Waals surface area contributed by atoms with E-state index >= 15 is 0 Å². The molecular formula is C10H15N3O4S. The molecule has 1 aromatic heterocycles. The highest BCUT2D eigenvalue weighted by Gasteiger charge is 2.18. The van der Waals surface area contributed by atoms with Crippen molar-refractivity contribution in [1.29, 1.82) is 0 Å². The molecule has 100 valence electrons. The van der Waals surface area contributed by atoms with Crippen molar-refractivity contribution in [3.8, 4) is 0 Å². The van der Waals surface area contributed by atoms with Gasteiger partial charge in [0.25, 0.3) is 0 Å². The van der Waals surface area contributed by atoms with E-state index in [1.54, 1.807) is 13.1 Å². The van der Waals surface area contributed by atoms with Gasteiger partial charge in [-0.05, 0) is 6.92 Å². The van der Waals surface area contributed by atoms with Crippen molar-refractivity contribution in [3.63, 3.8) is 0 Å². The Bertz CT molecular complexity index is 396. The molecule has 18 heavy (non-hydrogen) atoms. The minimum Gasteiger partial charge on any atom is -0.479 e. The molecule has 0 aromatic carbocycles. The van der Waals surface area contributed by atoms with Crippen LogP contribution in [0, 0.1) is 0 Å². The fraction of sp³-hybridized carbons (Fsp3) is 0.500. The zero-order valence-electron chi connectivity index (χ0n) is 10.0. The fourth-order valence-electron chi connectivity index (χ4n) is 1.21. The van der Waals surface area contributed by atoms with Crippen molar-refractivity contribution >= 4 is 23.3 Å². The predicted molar refractivity (Wildman–Crippen MR) is 65.5 cm³/mol. The summed E-state index contributed by atoms with van der Waals surface area (Å²) in [6, 6.07) is -0.683. The van der Waals surface area contributed by atoms with Crippen LogP contribution < -0.4 is 10.6 Å². The zero-order chi connectivity index (χ0) is 13.5. The molecule has 7 nitrogen and oxygen atoms in total. The smallest absolute Gasteiger partial charge is 0.334 e. The highest BCUT2D eigenvalue weighted by molar-refractivity contribution is 7.09. The molecule has 3 N–H and O–H groups in total. The van der Waals surface area contributed by atoms with E-state index < -0.39 is 18.1 Å². The molecule has 0 aliphatic heterocycles. The number of hydrogen-bond acceptors (Lipinski definition) is 5. The molecule has 0 aliphatic rings. The van der Waals surface area contributed by atoms with Crippen LogP contribution in [0.15, 0.2) is 11.6 Å². The van der Waals surface area contributed by atoms with E-state index in [0.29, 0.717) is 0 Å². The van der Waals surface area contributed by atoms with Crippen molar-refractivity contribution in [2.75, 3.05) is 13.7 Å². The number of amides is 2. The maximum Gasteiger partial charge on any atom is 0.334 e. The fourth-order valence-corrected chi connectivity index (χ4v) is 1.86. The summed E-state index contributed by atoms with van der Waals surface area (Å²) in [5.74, 6) is -1.12. The number of ether oxygens (including phenoxy) is 1. The van der Waals surface area contributed by atoms with Gasteiger partial charge in [-0.3, -0.25) is 0 Å². The third-order valence-electron chi connectivity index (χ3n) is 2.18. The van der Waals surface area contributed by atoms with Crippen molar-refractivity contribution < 1.29 is 19.4 Å². The number of carbonyl (C=O) groups excluding carboxylic acids is 1. The number of aromatic nitrogens is 1. The standard InChI is InChI=1S/C10H15N3O4S/c1-6(8-11-3-4-18-8)13-10(16)12-5-7(17-2)9(14)15/h3-4,6-7H,5H2,1-2H3,(H,14,15)(H2,12,13,16). The van der Waals surface area contributed by atoms with E-state index in [0.717, 1.165) is 5.01 Å². The number of carboxylic acids is 1. The molecule has 1 aromatic rings. The topological polar surface area (TPSA) is 101 Å². The first-order valence-corrected chi connectivity index (χ1v) is 6.12. The number of nitrogens with one attached hydrogen (secondary N) is 2. The minimum absolute atomic E-state index is 0.0950. The molecular weight excluding hydrogens is 258 g/mol. The lowest BCUT2D eigenvalue weighted by Crippen LogP contribution is -2.43. The molecule has 1 heterocycles. The van der Waals surface area contributed by atoms with Crippen LogP contribution in [0.2, 0.25) is 0 Å². The molecule has 0 aliphatic carbocycles. The number of rotatable bonds is 6. The number of nitrogens with zero attached hydrogens (tertiary/aromatic N) is 1. The Kier molecular flexibility index (Phi) is 5.53. The lowest BCUT2D eigenvalue weighted by Gasteiger charge is -2.14. The van der Waals surface area contributed by atoms with Gasteiger partial charge in [-0.15, -0.1) is 11.3 Å². The Morgan fingerprint density at radius 2 is 2.33 bits per heavy atom. The lowest BCUT2D eigenvalue weighted by atomic mass is 10.3. The van der Waals surface area contributed by atoms with Crippen LogP contribution in [0.3, 0.4) is 0 Å². The second kappa shape index (κ2) is 6.92. The summed E-state index contributed by atoms with van der Waals surface area (Å²) in [7, 11) is 1.27. The molecule has 0 saturated heterocycles. The van der Waals surface area contributed by atoms with Crippen LogP contribution in [0.1, 0.15) is 18.0 Å². The maximum absolute atomic E-state index is 11.5. The van der Waals surface area contributed by atoms with Crippen LogP contribution in [-0.4, -0.2) is 41.8 Å². The molecule has 0 saturated carbocycles. The van der Waals surface area contributed by atoms with Gasteiger partial charge in [-0.2, -0.15) is 0 Å². The third kappa shape index (κ3) is 4.30. The van der Waals surface area contributed by atoms with Gasteiger partial charge in [0.15, 0.2) is 6.10 Å². The molecule has 2 atom stereocenters. The van der Waals surface area contributed by atoms with E-state index in [9.17, 15) is 9.59 Å². The number of carboxylic acid groups (broad SMARTS) is 1. The van der Waals surface area contributed by atoms with E-state index in [1.165, 1.54) is 18.4 Å². The molecule has 0 radical (unpaired) electrons. The van der Waals surface area contributed by atoms with E-state index in [4.69, 9.17) is 5.11 Å². The Morgan fingerprint density at radius 1 is 1.61 bits per heavy atom. The minimum atomic E-state index is -1.12. The molecule has 8 heteroatoms. The Hall–Kier alpha value is -1.67. The van der Waals surface area contributed by atoms with Gasteiger partial charge in [0.2, 0.25) is 0 Å². The normalized spacial score (nSPS) is 13.7. The average Bonchev–Trinajstić information content (AvgIpc) is 2.82. The number of carbonyl (C=O) groups is 2. The highest BCUT2D eigenvalue weighted by atomic mass is 32.1. The predicted octanol–water partition coefficient (Wildman–Crippen LogP) is 0.603. The number of methoxy groups -OCH3 is 1. The van der Waals surface area contributed by atoms with Crippen molar-refractivity contribution in [3.05, 3.63) is 16.6 Å². The second-order valence-electron chi connectivity index (χ2n) is 3.51. The maximum atomic E-state index is 11.5. The van der Waals surface area contributed by atoms with Crippen molar-refractivity contribution in [2.45, 2.75) is 19.1 Å². The number of aliphatic carboxylic acids is 1. The van der Waals surface area contributed by atoms with Gasteiger partial charge >= 0.3 is 12.0 Å². The first-order valence-electron chi connectivity index (χ1n) is 5.24. The summed E-state index contributed by atoms with van der Waals surface area (Å²) < 4.78 is 4.69. The Balaban J connectivity index is 2.35. The Morgan fingerprint density at radius 3 is 2.83 bits per heavy atom. The van der Waals surface area contributed by atoms with Gasteiger partial charge in [-0.1, -0.05) is 0 Å². The van der Waals surface area contributed by atoms with Gasteiger partial charge in [0.05, 0.1) is 12.6 Å². The van der Waals surface area contributed by atoms with E-state index in [1.807, 2.05) is 5.38 Å². The first-order chi connectivity index (χ1) is 8.54. The SMILES string of the molecule is COC(CNC(=O)NC(C)c1nccs1)C(=O)O. The summed E-state index contributed by atoms with van der Waals surface area (Å²) >= 11 is 1.43. The van der Waals surface area contributed by atoms with Gasteiger partial charge in [-0.25, -0.2) is 14.6 Å². The summed E-state index contributed by atoms with van der Waals surface area (Å²) in [5.41, 5.74) is 0. The molecule has 0 bridgehead atoms. The number of thiazole rings is 1. The molecule has 1 rings (SSSR count). The summed E-state index contributed by atoms with van der Waals surface area (Å²) in [5, 5.41) is 16.4. The lowest BCUT2D eigenvalue weighted by molar-refractivity contribution is -0.147. The van der Waals surface area contributed by atoms with E-state index in [-0.39, 0.29) is 12.6 Å². The van der Waals surface area contributed by atoms with Crippen LogP contribution in [0.5, 0.6) is 0 Å². The van der Waals surface area contributed by atoms with Crippen LogP contribution in [0.25, 0.3) is 0 Å². The summed E-state index contributed by atoms with van der Waals surface area (Å²) in [6.45, 7) is 1.70. The quantitative estimate of drug-likeness (QED) is 0.704. The largest absolute Gasteiger partial charge is 0.479 e. The molecule has 0 fully saturated rings.